The van der Waals surface area contributed by atoms with Crippen LogP contribution in [0.25, 0.3) is 0 Å². The first-order valence-corrected chi connectivity index (χ1v) is 3.74. The van der Waals surface area contributed by atoms with Crippen LogP contribution in [-0.2, 0) is 4.79 Å². The average Bonchev–Trinajstić information content (AvgIpc) is 2.03. The quantitative estimate of drug-likeness (QED) is 0.646. The van der Waals surface area contributed by atoms with Crippen molar-refractivity contribution in [2.75, 3.05) is 13.1 Å². The summed E-state index contributed by atoms with van der Waals surface area (Å²) in [5.41, 5.74) is 0.970. The summed E-state index contributed by atoms with van der Waals surface area (Å²) in [5, 5.41) is 14.1. The van der Waals surface area contributed by atoms with Crippen molar-refractivity contribution in [3.05, 3.63) is 29.1 Å². The van der Waals surface area contributed by atoms with Crippen LogP contribution in [0, 0.1) is 5.21 Å². The summed E-state index contributed by atoms with van der Waals surface area (Å²) in [6.45, 7) is 2.33. The van der Waals surface area contributed by atoms with Gasteiger partial charge >= 0.3 is 0 Å². The van der Waals surface area contributed by atoms with Crippen molar-refractivity contribution >= 4 is 5.91 Å². The zero-order valence-corrected chi connectivity index (χ0v) is 6.91. The third kappa shape index (κ3) is 2.75. The number of carbonyl (C=O) groups is 1. The van der Waals surface area contributed by atoms with E-state index in [-0.39, 0.29) is 5.91 Å². The van der Waals surface area contributed by atoms with Crippen molar-refractivity contribution in [2.24, 2.45) is 0 Å². The molecule has 0 fully saturated rings. The van der Waals surface area contributed by atoms with E-state index in [0.717, 1.165) is 10.6 Å². The van der Waals surface area contributed by atoms with E-state index in [1.165, 1.54) is 13.1 Å². The lowest BCUT2D eigenvalue weighted by Crippen LogP contribution is -2.23. The van der Waals surface area contributed by atoms with E-state index in [9.17, 15) is 10.0 Å². The van der Waals surface area contributed by atoms with E-state index >= 15 is 0 Å². The highest BCUT2D eigenvalue weighted by atomic mass is 16.5. The van der Waals surface area contributed by atoms with Crippen LogP contribution in [0.15, 0.2) is 23.9 Å². The van der Waals surface area contributed by atoms with Crippen molar-refractivity contribution in [2.45, 2.75) is 6.92 Å². The lowest BCUT2D eigenvalue weighted by Gasteiger charge is -2.27. The van der Waals surface area contributed by atoms with Gasteiger partial charge in [0.05, 0.1) is 0 Å². The molecule has 1 heterocycles. The Labute approximate surface area is 71.1 Å². The SMILES string of the molecule is CC(=O)NCC1=CCN([O-])C=C1. The number of hydrogen-bond acceptors (Lipinski definition) is 3. The predicted octanol–water partition coefficient (Wildman–Crippen LogP) is 0.376. The molecule has 0 aromatic carbocycles. The maximum atomic E-state index is 10.6. The highest BCUT2D eigenvalue weighted by Gasteiger charge is 1.98. The molecule has 0 bridgehead atoms. The molecule has 4 heteroatoms. The second-order valence-electron chi connectivity index (χ2n) is 2.60. The first-order valence-electron chi connectivity index (χ1n) is 3.74. The van der Waals surface area contributed by atoms with Gasteiger partial charge in [-0.2, -0.15) is 0 Å². The summed E-state index contributed by atoms with van der Waals surface area (Å²) in [6.07, 6.45) is 4.95. The Morgan fingerprint density at radius 2 is 2.58 bits per heavy atom. The number of hydrogen-bond donors (Lipinski definition) is 1. The van der Waals surface area contributed by atoms with Crippen LogP contribution < -0.4 is 5.32 Å². The standard InChI is InChI=1S/C8H11N2O2/c1-7(11)9-6-8-2-4-10(12)5-3-8/h2-4H,5-6H2,1H3,(H,9,11)/q-1. The Balaban J connectivity index is 2.35. The van der Waals surface area contributed by atoms with E-state index in [4.69, 9.17) is 0 Å². The summed E-state index contributed by atoms with van der Waals surface area (Å²) in [4.78, 5) is 10.5. The lowest BCUT2D eigenvalue weighted by molar-refractivity contribution is -0.118. The molecule has 0 spiro atoms. The molecule has 1 rings (SSSR count). The minimum atomic E-state index is -0.0612. The largest absolute Gasteiger partial charge is 0.758 e. The van der Waals surface area contributed by atoms with Gasteiger partial charge in [-0.05, 0) is 17.8 Å². The van der Waals surface area contributed by atoms with Crippen LogP contribution >= 0.6 is 0 Å². The van der Waals surface area contributed by atoms with Crippen LogP contribution in [-0.4, -0.2) is 24.1 Å². The zero-order valence-electron chi connectivity index (χ0n) is 6.91. The second-order valence-corrected chi connectivity index (χ2v) is 2.60. The fourth-order valence-electron chi connectivity index (χ4n) is 0.873. The normalized spacial score (nSPS) is 15.8. The van der Waals surface area contributed by atoms with E-state index < -0.39 is 0 Å². The maximum Gasteiger partial charge on any atom is 0.217 e. The molecular formula is C8H11N2O2-. The first kappa shape index (κ1) is 8.80. The third-order valence-corrected chi connectivity index (χ3v) is 1.53. The van der Waals surface area contributed by atoms with Gasteiger partial charge in [0.2, 0.25) is 5.91 Å². The van der Waals surface area contributed by atoms with Gasteiger partial charge < -0.3 is 15.6 Å². The van der Waals surface area contributed by atoms with Crippen molar-refractivity contribution in [3.8, 4) is 0 Å². The number of carbonyl (C=O) groups excluding carboxylic acids is 1. The van der Waals surface area contributed by atoms with E-state index in [1.807, 2.05) is 0 Å². The summed E-state index contributed by atoms with van der Waals surface area (Å²) in [7, 11) is 0. The number of nitrogens with zero attached hydrogens (tertiary/aromatic N) is 1. The molecule has 66 valence electrons. The summed E-state index contributed by atoms with van der Waals surface area (Å²) in [6, 6.07) is 0. The topological polar surface area (TPSA) is 55.4 Å². The van der Waals surface area contributed by atoms with Crippen LogP contribution in [0.3, 0.4) is 0 Å². The van der Waals surface area contributed by atoms with Crippen molar-refractivity contribution in [3.63, 3.8) is 0 Å². The Bertz CT molecular complexity index is 233. The lowest BCUT2D eigenvalue weighted by atomic mass is 10.2. The molecule has 0 saturated carbocycles. The Kier molecular flexibility index (Phi) is 2.88. The fraction of sp³-hybridized carbons (Fsp3) is 0.375. The van der Waals surface area contributed by atoms with Gasteiger partial charge in [0.1, 0.15) is 0 Å². The first-order chi connectivity index (χ1) is 5.68. The molecule has 0 aromatic rings. The van der Waals surface area contributed by atoms with Gasteiger partial charge in [-0.15, -0.1) is 0 Å². The fourth-order valence-corrected chi connectivity index (χ4v) is 0.873. The van der Waals surface area contributed by atoms with Gasteiger partial charge in [-0.25, -0.2) is 0 Å². The molecule has 1 N–H and O–H groups in total. The smallest absolute Gasteiger partial charge is 0.217 e. The zero-order chi connectivity index (χ0) is 8.97. The summed E-state index contributed by atoms with van der Waals surface area (Å²) < 4.78 is 0. The van der Waals surface area contributed by atoms with Gasteiger partial charge in [0, 0.05) is 20.0 Å². The molecule has 1 aliphatic heterocycles. The third-order valence-electron chi connectivity index (χ3n) is 1.53. The highest BCUT2D eigenvalue weighted by Crippen LogP contribution is 2.03. The summed E-state index contributed by atoms with van der Waals surface area (Å²) in [5.74, 6) is -0.0612. The van der Waals surface area contributed by atoms with Crippen LogP contribution in [0.1, 0.15) is 6.92 Å². The second kappa shape index (κ2) is 3.92. The van der Waals surface area contributed by atoms with E-state index in [2.05, 4.69) is 5.32 Å². The average molecular weight is 167 g/mol. The molecule has 1 aliphatic rings. The minimum absolute atomic E-state index is 0.0612. The number of hydroxylamine groups is 2. The van der Waals surface area contributed by atoms with Gasteiger partial charge in [0.25, 0.3) is 0 Å². The Hall–Kier alpha value is -1.29. The van der Waals surface area contributed by atoms with Gasteiger partial charge in [-0.3, -0.25) is 4.79 Å². The molecule has 0 aromatic heterocycles. The highest BCUT2D eigenvalue weighted by molar-refractivity contribution is 5.73. The van der Waals surface area contributed by atoms with Crippen LogP contribution in [0.5, 0.6) is 0 Å². The van der Waals surface area contributed by atoms with E-state index in [1.54, 1.807) is 12.2 Å². The Morgan fingerprint density at radius 1 is 1.83 bits per heavy atom. The monoisotopic (exact) mass is 167 g/mol. The molecular weight excluding hydrogens is 156 g/mol. The molecule has 12 heavy (non-hydrogen) atoms. The molecule has 1 amide bonds. The Morgan fingerprint density at radius 3 is 3.08 bits per heavy atom. The molecule has 0 radical (unpaired) electrons. The van der Waals surface area contributed by atoms with Gasteiger partial charge in [-0.1, -0.05) is 6.08 Å². The van der Waals surface area contributed by atoms with Gasteiger partial charge in [0.15, 0.2) is 0 Å². The number of nitrogens with one attached hydrogen (secondary N) is 1. The summed E-state index contributed by atoms with van der Waals surface area (Å²) >= 11 is 0. The van der Waals surface area contributed by atoms with Crippen LogP contribution in [0.4, 0.5) is 0 Å². The molecule has 0 unspecified atom stereocenters. The van der Waals surface area contributed by atoms with Crippen LogP contribution in [0.2, 0.25) is 0 Å². The maximum absolute atomic E-state index is 10.6. The number of rotatable bonds is 2. The molecule has 0 aliphatic carbocycles. The van der Waals surface area contributed by atoms with Crippen molar-refractivity contribution in [1.82, 2.24) is 10.4 Å². The van der Waals surface area contributed by atoms with E-state index in [0.29, 0.717) is 13.1 Å². The van der Waals surface area contributed by atoms with Crippen molar-refractivity contribution in [1.29, 1.82) is 0 Å². The predicted molar refractivity (Wildman–Crippen MR) is 46.0 cm³/mol. The van der Waals surface area contributed by atoms with Crippen molar-refractivity contribution < 1.29 is 4.79 Å². The molecule has 0 atom stereocenters. The number of amides is 1. The molecule has 4 nitrogen and oxygen atoms in total. The minimum Gasteiger partial charge on any atom is -0.758 e. The molecule has 0 saturated heterocycles.